The molecule has 0 radical (unpaired) electrons. The maximum absolute atomic E-state index is 13.9. The molecule has 1 fully saturated rings. The number of rotatable bonds is 26. The second-order valence-corrected chi connectivity index (χ2v) is 18.1. The van der Waals surface area contributed by atoms with Gasteiger partial charge in [0.05, 0.1) is 26.2 Å². The van der Waals surface area contributed by atoms with E-state index < -0.39 is 54.0 Å². The Bertz CT molecular complexity index is 2250. The predicted octanol–water partition coefficient (Wildman–Crippen LogP) is 1.72. The lowest BCUT2D eigenvalue weighted by atomic mass is 9.98. The summed E-state index contributed by atoms with van der Waals surface area (Å²) in [7, 11) is 0. The standard InChI is InChI=1S/C51H69N9O13/c52-48(68)42(18-8-11-21-54-50(70)72-34-36-12-2-1-3-13-36)55-49(69)43(56-51(71)73-35-41-39-16-6-4-14-37(39)38-15-5-7-17-40(38)41)19-9-10-20-53-44(61)30-57-22-24-58(31-45(62)63)26-28-60(33-47(66)67)29-27-59(25-23-57)32-46(64)65/h1-7,12-17,41-43H,8-11,18-35H2,(H2,52,68)(H,53,61)(H,54,70)(H,55,69)(H,56,71)(H,62,63)(H,64,65)(H,66,67)/t42-,43-/m0/s1. The number of nitrogens with one attached hydrogen (secondary N) is 4. The van der Waals surface area contributed by atoms with E-state index in [1.807, 2.05) is 78.9 Å². The van der Waals surface area contributed by atoms with Crippen LogP contribution in [0.1, 0.15) is 61.1 Å². The SMILES string of the molecule is NC(=O)[C@H](CCCCNC(=O)OCc1ccccc1)NC(=O)[C@H](CCCCNC(=O)CN1CCN(CC(=O)O)CCN(CC(=O)O)CCN(CC(=O)O)CC1)NC(=O)OCC1c2ccccc2-c2ccccc21. The first kappa shape index (κ1) is 56.8. The average molecular weight is 1020 g/mol. The van der Waals surface area contributed by atoms with Gasteiger partial charge in [-0.25, -0.2) is 9.59 Å². The first-order valence-corrected chi connectivity index (χ1v) is 24.6. The van der Waals surface area contributed by atoms with Crippen LogP contribution in [-0.2, 0) is 44.8 Å². The molecule has 1 heterocycles. The second kappa shape index (κ2) is 30.0. The summed E-state index contributed by atoms with van der Waals surface area (Å²) in [4.78, 5) is 107. The number of carbonyl (C=O) groups excluding carboxylic acids is 5. The van der Waals surface area contributed by atoms with E-state index in [4.69, 9.17) is 15.2 Å². The van der Waals surface area contributed by atoms with E-state index in [1.165, 1.54) is 0 Å². The van der Waals surface area contributed by atoms with Crippen LogP contribution in [0.25, 0.3) is 11.1 Å². The molecule has 0 spiro atoms. The Kier molecular flexibility index (Phi) is 23.3. The number of carboxylic acid groups (broad SMARTS) is 3. The van der Waals surface area contributed by atoms with Crippen LogP contribution in [0.3, 0.4) is 0 Å². The third kappa shape index (κ3) is 20.1. The number of alkyl carbamates (subject to hydrolysis) is 2. The molecule has 1 aliphatic carbocycles. The van der Waals surface area contributed by atoms with Crippen molar-refractivity contribution in [2.75, 3.05) is 98.2 Å². The van der Waals surface area contributed by atoms with Crippen molar-refractivity contribution in [2.45, 2.75) is 63.1 Å². The molecule has 2 atom stereocenters. The van der Waals surface area contributed by atoms with E-state index in [-0.39, 0.29) is 130 Å². The normalized spacial score (nSPS) is 15.7. The third-order valence-corrected chi connectivity index (χ3v) is 12.6. The van der Waals surface area contributed by atoms with Crippen LogP contribution >= 0.6 is 0 Å². The lowest BCUT2D eigenvalue weighted by Gasteiger charge is -2.32. The molecule has 3 aromatic rings. The molecule has 3 aromatic carbocycles. The first-order chi connectivity index (χ1) is 35.1. The molecule has 5 amide bonds. The molecule has 9 N–H and O–H groups in total. The number of nitrogens with two attached hydrogens (primary N) is 1. The minimum atomic E-state index is -1.16. The summed E-state index contributed by atoms with van der Waals surface area (Å²) in [6.07, 6.45) is 0.393. The summed E-state index contributed by atoms with van der Waals surface area (Å²) in [5.41, 5.74) is 10.7. The maximum Gasteiger partial charge on any atom is 0.407 e. The Labute approximate surface area is 424 Å². The van der Waals surface area contributed by atoms with Crippen molar-refractivity contribution < 1.29 is 63.1 Å². The molecular weight excluding hydrogens is 947 g/mol. The van der Waals surface area contributed by atoms with Crippen LogP contribution in [0, 0.1) is 0 Å². The van der Waals surface area contributed by atoms with Gasteiger partial charge in [0.2, 0.25) is 17.7 Å². The van der Waals surface area contributed by atoms with Crippen molar-refractivity contribution in [3.63, 3.8) is 0 Å². The summed E-state index contributed by atoms with van der Waals surface area (Å²) in [5.74, 6) is -5.21. The van der Waals surface area contributed by atoms with E-state index in [0.29, 0.717) is 25.7 Å². The molecule has 2 aliphatic rings. The van der Waals surface area contributed by atoms with Gasteiger partial charge >= 0.3 is 30.1 Å². The van der Waals surface area contributed by atoms with Crippen molar-refractivity contribution >= 4 is 47.8 Å². The van der Waals surface area contributed by atoms with Crippen LogP contribution in [0.5, 0.6) is 0 Å². The number of hydrogen-bond acceptors (Lipinski definition) is 14. The van der Waals surface area contributed by atoms with Gasteiger partial charge in [0.1, 0.15) is 25.3 Å². The van der Waals surface area contributed by atoms with Gasteiger partial charge in [-0.15, -0.1) is 0 Å². The van der Waals surface area contributed by atoms with Crippen LogP contribution < -0.4 is 27.0 Å². The fourth-order valence-electron chi connectivity index (χ4n) is 8.79. The van der Waals surface area contributed by atoms with Gasteiger partial charge in [-0.05, 0) is 66.3 Å². The smallest absolute Gasteiger partial charge is 0.407 e. The molecule has 0 bridgehead atoms. The molecule has 1 aliphatic heterocycles. The second-order valence-electron chi connectivity index (χ2n) is 18.1. The number of hydrogen-bond donors (Lipinski definition) is 8. The van der Waals surface area contributed by atoms with Crippen molar-refractivity contribution in [3.05, 3.63) is 95.6 Å². The molecule has 0 unspecified atom stereocenters. The Balaban J connectivity index is 1.15. The number of carbonyl (C=O) groups is 8. The fraction of sp³-hybridized carbons (Fsp3) is 0.490. The van der Waals surface area contributed by atoms with Crippen LogP contribution in [-0.4, -0.2) is 193 Å². The summed E-state index contributed by atoms with van der Waals surface area (Å²) in [5, 5.41) is 39.4. The molecule has 22 heteroatoms. The predicted molar refractivity (Wildman–Crippen MR) is 267 cm³/mol. The van der Waals surface area contributed by atoms with Gasteiger partial charge in [0.15, 0.2) is 0 Å². The minimum absolute atomic E-state index is 0.00439. The third-order valence-electron chi connectivity index (χ3n) is 12.6. The molecular formula is C51H69N9O13. The van der Waals surface area contributed by atoms with E-state index >= 15 is 0 Å². The van der Waals surface area contributed by atoms with Crippen molar-refractivity contribution in [1.82, 2.24) is 40.9 Å². The zero-order chi connectivity index (χ0) is 52.5. The molecule has 0 aromatic heterocycles. The van der Waals surface area contributed by atoms with Gasteiger partial charge < -0.3 is 51.8 Å². The largest absolute Gasteiger partial charge is 0.480 e. The highest BCUT2D eigenvalue weighted by atomic mass is 16.6. The van der Waals surface area contributed by atoms with E-state index in [9.17, 15) is 53.7 Å². The number of unbranched alkanes of at least 4 members (excludes halogenated alkanes) is 2. The zero-order valence-electron chi connectivity index (χ0n) is 41.1. The average Bonchev–Trinajstić information content (AvgIpc) is 3.67. The quantitative estimate of drug-likeness (QED) is 0.0531. The van der Waals surface area contributed by atoms with Crippen molar-refractivity contribution in [2.24, 2.45) is 5.73 Å². The number of ether oxygens (including phenoxy) is 2. The number of nitrogens with zero attached hydrogens (tertiary/aromatic N) is 4. The van der Waals surface area contributed by atoms with Crippen LogP contribution in [0.2, 0.25) is 0 Å². The van der Waals surface area contributed by atoms with Crippen molar-refractivity contribution in [1.29, 1.82) is 0 Å². The monoisotopic (exact) mass is 1020 g/mol. The Morgan fingerprint density at radius 1 is 0.534 bits per heavy atom. The molecule has 5 rings (SSSR count). The number of benzene rings is 3. The van der Waals surface area contributed by atoms with E-state index in [2.05, 4.69) is 21.3 Å². The molecule has 1 saturated heterocycles. The Morgan fingerprint density at radius 3 is 1.48 bits per heavy atom. The van der Waals surface area contributed by atoms with Gasteiger partial charge in [-0.3, -0.25) is 48.4 Å². The highest BCUT2D eigenvalue weighted by Gasteiger charge is 2.31. The van der Waals surface area contributed by atoms with Crippen molar-refractivity contribution in [3.8, 4) is 11.1 Å². The fourth-order valence-corrected chi connectivity index (χ4v) is 8.79. The summed E-state index contributed by atoms with van der Waals surface area (Å²) in [6.45, 7) is 1.60. The highest BCUT2D eigenvalue weighted by molar-refractivity contribution is 5.90. The molecule has 396 valence electrons. The van der Waals surface area contributed by atoms with E-state index in [1.54, 1.807) is 19.6 Å². The molecule has 0 saturated carbocycles. The summed E-state index contributed by atoms with van der Waals surface area (Å²) < 4.78 is 11.0. The van der Waals surface area contributed by atoms with Gasteiger partial charge in [-0.2, -0.15) is 0 Å². The minimum Gasteiger partial charge on any atom is -0.480 e. The van der Waals surface area contributed by atoms with E-state index in [0.717, 1.165) is 27.8 Å². The number of carboxylic acids is 3. The maximum atomic E-state index is 13.9. The van der Waals surface area contributed by atoms with Crippen LogP contribution in [0.15, 0.2) is 78.9 Å². The zero-order valence-corrected chi connectivity index (χ0v) is 41.1. The molecule has 73 heavy (non-hydrogen) atoms. The van der Waals surface area contributed by atoms with Gasteiger partial charge in [0, 0.05) is 71.4 Å². The lowest BCUT2D eigenvalue weighted by molar-refractivity contribution is -0.140. The first-order valence-electron chi connectivity index (χ1n) is 24.6. The van der Waals surface area contributed by atoms with Gasteiger partial charge in [0.25, 0.3) is 0 Å². The molecule has 22 nitrogen and oxygen atoms in total. The Hall–Kier alpha value is -7.14. The highest BCUT2D eigenvalue weighted by Crippen LogP contribution is 2.44. The number of amides is 5. The topological polar surface area (TPSA) is 303 Å². The summed E-state index contributed by atoms with van der Waals surface area (Å²) in [6, 6.07) is 22.7. The lowest BCUT2D eigenvalue weighted by Crippen LogP contribution is -2.53. The number of primary amides is 1. The Morgan fingerprint density at radius 2 is 0.986 bits per heavy atom. The van der Waals surface area contributed by atoms with Crippen LogP contribution in [0.4, 0.5) is 9.59 Å². The van der Waals surface area contributed by atoms with Gasteiger partial charge in [-0.1, -0.05) is 78.9 Å². The summed E-state index contributed by atoms with van der Waals surface area (Å²) >= 11 is 0. The number of aliphatic carboxylic acids is 3. The number of fused-ring (bicyclic) bond motifs is 3.